The molecule has 0 bridgehead atoms. The van der Waals surface area contributed by atoms with Crippen LogP contribution < -0.4 is 10.6 Å². The second kappa shape index (κ2) is 5.99. The lowest BCUT2D eigenvalue weighted by atomic mass is 9.67. The van der Waals surface area contributed by atoms with Crippen molar-refractivity contribution in [1.29, 1.82) is 0 Å². The van der Waals surface area contributed by atoms with E-state index in [0.717, 1.165) is 19.5 Å². The fourth-order valence-electron chi connectivity index (χ4n) is 2.41. The van der Waals surface area contributed by atoms with Crippen molar-refractivity contribution in [2.24, 2.45) is 5.41 Å². The minimum absolute atomic E-state index is 0.129. The quantitative estimate of drug-likeness (QED) is 0.825. The minimum atomic E-state index is -0.129. The van der Waals surface area contributed by atoms with Crippen molar-refractivity contribution >= 4 is 11.7 Å². The summed E-state index contributed by atoms with van der Waals surface area (Å²) in [6, 6.07) is 0. The summed E-state index contributed by atoms with van der Waals surface area (Å²) in [6.07, 6.45) is 7.95. The Morgan fingerprint density at radius 3 is 2.58 bits per heavy atom. The molecule has 2 N–H and O–H groups in total. The normalized spacial score (nSPS) is 16.5. The molecule has 2 rings (SSSR count). The van der Waals surface area contributed by atoms with Crippen LogP contribution in [0.25, 0.3) is 0 Å². The number of aromatic nitrogens is 2. The van der Waals surface area contributed by atoms with Gasteiger partial charge in [0, 0.05) is 13.1 Å². The minimum Gasteiger partial charge on any atom is -0.369 e. The first kappa shape index (κ1) is 13.8. The van der Waals surface area contributed by atoms with Crippen LogP contribution in [0.2, 0.25) is 0 Å². The van der Waals surface area contributed by atoms with Crippen molar-refractivity contribution in [3.05, 3.63) is 18.1 Å². The molecule has 19 heavy (non-hydrogen) atoms. The number of carbonyl (C=O) groups excluding carboxylic acids is 1. The van der Waals surface area contributed by atoms with Gasteiger partial charge in [-0.05, 0) is 31.6 Å². The first-order valence-electron chi connectivity index (χ1n) is 7.03. The fourth-order valence-corrected chi connectivity index (χ4v) is 2.41. The Hall–Kier alpha value is -1.65. The Morgan fingerprint density at radius 2 is 2.11 bits per heavy atom. The van der Waals surface area contributed by atoms with Gasteiger partial charge in [-0.1, -0.05) is 13.3 Å². The van der Waals surface area contributed by atoms with Crippen molar-refractivity contribution in [1.82, 2.24) is 15.3 Å². The molecular formula is C14H22N4O. The Labute approximate surface area is 114 Å². The van der Waals surface area contributed by atoms with Crippen LogP contribution in [-0.2, 0) is 0 Å². The van der Waals surface area contributed by atoms with Crippen LogP contribution in [-0.4, -0.2) is 29.0 Å². The van der Waals surface area contributed by atoms with Gasteiger partial charge in [0.2, 0.25) is 0 Å². The van der Waals surface area contributed by atoms with E-state index in [1.165, 1.54) is 25.5 Å². The van der Waals surface area contributed by atoms with E-state index in [-0.39, 0.29) is 5.91 Å². The first-order chi connectivity index (χ1) is 9.19. The zero-order valence-corrected chi connectivity index (χ0v) is 11.7. The lowest BCUT2D eigenvalue weighted by Gasteiger charge is -2.41. The summed E-state index contributed by atoms with van der Waals surface area (Å²) in [5, 5.41) is 6.03. The molecule has 1 aromatic heterocycles. The van der Waals surface area contributed by atoms with Crippen LogP contribution in [0.4, 0.5) is 5.82 Å². The number of nitrogens with one attached hydrogen (secondary N) is 2. The molecule has 104 valence electrons. The van der Waals surface area contributed by atoms with E-state index in [4.69, 9.17) is 0 Å². The van der Waals surface area contributed by atoms with E-state index in [1.807, 2.05) is 6.92 Å². The van der Waals surface area contributed by atoms with Crippen molar-refractivity contribution in [3.8, 4) is 0 Å². The maximum atomic E-state index is 12.0. The Bertz CT molecular complexity index is 420. The predicted molar refractivity (Wildman–Crippen MR) is 75.1 cm³/mol. The molecule has 0 aromatic carbocycles. The van der Waals surface area contributed by atoms with Gasteiger partial charge < -0.3 is 10.6 Å². The molecule has 1 saturated carbocycles. The van der Waals surface area contributed by atoms with Crippen molar-refractivity contribution in [2.45, 2.75) is 39.5 Å². The zero-order chi connectivity index (χ0) is 13.7. The van der Waals surface area contributed by atoms with Gasteiger partial charge in [-0.3, -0.25) is 4.79 Å². The van der Waals surface area contributed by atoms with Gasteiger partial charge in [0.15, 0.2) is 0 Å². The maximum absolute atomic E-state index is 12.0. The van der Waals surface area contributed by atoms with Crippen LogP contribution in [0.5, 0.6) is 0 Å². The number of nitrogens with zero attached hydrogens (tertiary/aromatic N) is 2. The molecule has 0 atom stereocenters. The first-order valence-corrected chi connectivity index (χ1v) is 7.03. The second-order valence-electron chi connectivity index (χ2n) is 5.21. The molecule has 0 radical (unpaired) electrons. The number of hydrogen-bond donors (Lipinski definition) is 2. The summed E-state index contributed by atoms with van der Waals surface area (Å²) >= 11 is 0. The standard InChI is InChI=1S/C14H22N4O/c1-3-14(6-5-7-14)10-18-13(19)11-8-17-12(9-16-11)15-4-2/h8-9H,3-7,10H2,1-2H3,(H,15,17)(H,18,19). The van der Waals surface area contributed by atoms with E-state index in [9.17, 15) is 4.79 Å². The third kappa shape index (κ3) is 3.22. The second-order valence-corrected chi connectivity index (χ2v) is 5.21. The van der Waals surface area contributed by atoms with Crippen molar-refractivity contribution < 1.29 is 4.79 Å². The monoisotopic (exact) mass is 262 g/mol. The number of hydrogen-bond acceptors (Lipinski definition) is 4. The average Bonchev–Trinajstić information content (AvgIpc) is 2.39. The van der Waals surface area contributed by atoms with Gasteiger partial charge in [0.25, 0.3) is 5.91 Å². The van der Waals surface area contributed by atoms with Gasteiger partial charge in [-0.25, -0.2) is 9.97 Å². The molecule has 0 spiro atoms. The molecule has 1 amide bonds. The summed E-state index contributed by atoms with van der Waals surface area (Å²) in [7, 11) is 0. The lowest BCUT2D eigenvalue weighted by molar-refractivity contribution is 0.0845. The van der Waals surface area contributed by atoms with E-state index in [1.54, 1.807) is 6.20 Å². The average molecular weight is 262 g/mol. The van der Waals surface area contributed by atoms with Gasteiger partial charge >= 0.3 is 0 Å². The molecule has 0 unspecified atom stereocenters. The largest absolute Gasteiger partial charge is 0.369 e. The highest BCUT2D eigenvalue weighted by molar-refractivity contribution is 5.92. The molecule has 0 aliphatic heterocycles. The Kier molecular flexibility index (Phi) is 4.35. The van der Waals surface area contributed by atoms with E-state index >= 15 is 0 Å². The molecule has 1 fully saturated rings. The molecule has 5 nitrogen and oxygen atoms in total. The summed E-state index contributed by atoms with van der Waals surface area (Å²) in [6.45, 7) is 5.72. The van der Waals surface area contributed by atoms with Crippen LogP contribution in [0.3, 0.4) is 0 Å². The summed E-state index contributed by atoms with van der Waals surface area (Å²) in [5.74, 6) is 0.568. The fraction of sp³-hybridized carbons (Fsp3) is 0.643. The highest BCUT2D eigenvalue weighted by atomic mass is 16.1. The van der Waals surface area contributed by atoms with E-state index < -0.39 is 0 Å². The summed E-state index contributed by atoms with van der Waals surface area (Å²) < 4.78 is 0. The highest BCUT2D eigenvalue weighted by Crippen LogP contribution is 2.43. The van der Waals surface area contributed by atoms with Gasteiger partial charge in [0.05, 0.1) is 12.4 Å². The molecule has 1 aromatic rings. The van der Waals surface area contributed by atoms with Gasteiger partial charge in [0.1, 0.15) is 11.5 Å². The third-order valence-corrected chi connectivity index (χ3v) is 4.03. The lowest BCUT2D eigenvalue weighted by Crippen LogP contribution is -2.41. The molecule has 1 heterocycles. The van der Waals surface area contributed by atoms with Crippen molar-refractivity contribution in [2.75, 3.05) is 18.4 Å². The summed E-state index contributed by atoms with van der Waals surface area (Å²) in [5.41, 5.74) is 0.708. The molecule has 0 saturated heterocycles. The summed E-state index contributed by atoms with van der Waals surface area (Å²) in [4.78, 5) is 20.3. The number of rotatable bonds is 6. The highest BCUT2D eigenvalue weighted by Gasteiger charge is 2.35. The molecule has 5 heteroatoms. The van der Waals surface area contributed by atoms with Crippen LogP contribution in [0.1, 0.15) is 50.0 Å². The van der Waals surface area contributed by atoms with Gasteiger partial charge in [-0.2, -0.15) is 0 Å². The van der Waals surface area contributed by atoms with Crippen LogP contribution in [0, 0.1) is 5.41 Å². The van der Waals surface area contributed by atoms with E-state index in [0.29, 0.717) is 16.9 Å². The van der Waals surface area contributed by atoms with Gasteiger partial charge in [-0.15, -0.1) is 0 Å². The Morgan fingerprint density at radius 1 is 1.32 bits per heavy atom. The van der Waals surface area contributed by atoms with Crippen LogP contribution >= 0.6 is 0 Å². The van der Waals surface area contributed by atoms with Crippen LogP contribution in [0.15, 0.2) is 12.4 Å². The van der Waals surface area contributed by atoms with E-state index in [2.05, 4.69) is 27.5 Å². The molecular weight excluding hydrogens is 240 g/mol. The number of amides is 1. The maximum Gasteiger partial charge on any atom is 0.271 e. The molecule has 1 aliphatic carbocycles. The smallest absolute Gasteiger partial charge is 0.271 e. The predicted octanol–water partition coefficient (Wildman–Crippen LogP) is 2.22. The third-order valence-electron chi connectivity index (χ3n) is 4.03. The zero-order valence-electron chi connectivity index (χ0n) is 11.7. The Balaban J connectivity index is 1.89. The SMILES string of the molecule is CCNc1cnc(C(=O)NCC2(CC)CCC2)cn1. The topological polar surface area (TPSA) is 66.9 Å². The number of anilines is 1. The molecule has 1 aliphatic rings. The number of carbonyl (C=O) groups is 1. The van der Waals surface area contributed by atoms with Crippen molar-refractivity contribution in [3.63, 3.8) is 0 Å².